The molecule has 0 amide bonds. The molecule has 298 valence electrons. The molecular formula is C62H40N2. The maximum atomic E-state index is 3.84. The van der Waals surface area contributed by atoms with Crippen molar-refractivity contribution in [2.45, 2.75) is 0 Å². The van der Waals surface area contributed by atoms with Gasteiger partial charge in [-0.25, -0.2) is 0 Å². The van der Waals surface area contributed by atoms with Crippen molar-refractivity contribution in [3.8, 4) is 72.4 Å². The molecule has 0 spiro atoms. The molecule has 0 saturated carbocycles. The van der Waals surface area contributed by atoms with Gasteiger partial charge in [-0.15, -0.1) is 0 Å². The molecule has 64 heavy (non-hydrogen) atoms. The van der Waals surface area contributed by atoms with E-state index in [-0.39, 0.29) is 0 Å². The zero-order valence-corrected chi connectivity index (χ0v) is 35.0. The molecular weight excluding hydrogens is 773 g/mol. The number of aromatic nitrogens is 1. The molecule has 2 heteroatoms. The first kappa shape index (κ1) is 36.2. The van der Waals surface area contributed by atoms with Crippen molar-refractivity contribution in [1.82, 2.24) is 4.57 Å². The Kier molecular flexibility index (Phi) is 8.25. The Morgan fingerprint density at radius 1 is 0.281 bits per heavy atom. The van der Waals surface area contributed by atoms with Crippen LogP contribution in [0.15, 0.2) is 237 Å². The van der Waals surface area contributed by atoms with Gasteiger partial charge >= 0.3 is 0 Å². The zero-order chi connectivity index (χ0) is 42.1. The molecule has 0 fully saturated rings. The highest BCUT2D eigenvalue weighted by Gasteiger charge is 2.25. The van der Waals surface area contributed by atoms with E-state index in [9.17, 15) is 0 Å². The van der Waals surface area contributed by atoms with Gasteiger partial charge in [0.15, 0.2) is 0 Å². The molecule has 12 aromatic rings. The highest BCUT2D eigenvalue weighted by Crippen LogP contribution is 2.48. The average Bonchev–Trinajstić information content (AvgIpc) is 3.64. The molecule has 0 saturated heterocycles. The predicted octanol–water partition coefficient (Wildman–Crippen LogP) is 17.1. The van der Waals surface area contributed by atoms with E-state index < -0.39 is 0 Å². The first-order chi connectivity index (χ1) is 31.7. The quantitative estimate of drug-likeness (QED) is 0.177. The van der Waals surface area contributed by atoms with Crippen LogP contribution in [0.4, 0.5) is 11.4 Å². The highest BCUT2D eigenvalue weighted by molar-refractivity contribution is 6.18. The van der Waals surface area contributed by atoms with Gasteiger partial charge in [-0.05, 0) is 126 Å². The van der Waals surface area contributed by atoms with E-state index in [2.05, 4.69) is 246 Å². The third-order valence-electron chi connectivity index (χ3n) is 13.3. The number of nitrogens with one attached hydrogen (secondary N) is 1. The summed E-state index contributed by atoms with van der Waals surface area (Å²) in [7, 11) is 0. The Balaban J connectivity index is 0.882. The summed E-state index contributed by atoms with van der Waals surface area (Å²) in [6.07, 6.45) is 0. The van der Waals surface area contributed by atoms with E-state index in [0.717, 1.165) is 16.9 Å². The lowest BCUT2D eigenvalue weighted by atomic mass is 9.91. The van der Waals surface area contributed by atoms with E-state index in [1.54, 1.807) is 0 Å². The summed E-state index contributed by atoms with van der Waals surface area (Å²) in [4.78, 5) is 0. The van der Waals surface area contributed by atoms with Gasteiger partial charge in [0.1, 0.15) is 0 Å². The van der Waals surface area contributed by atoms with Gasteiger partial charge in [0, 0.05) is 38.8 Å². The van der Waals surface area contributed by atoms with Crippen molar-refractivity contribution in [2.75, 3.05) is 5.32 Å². The number of anilines is 2. The van der Waals surface area contributed by atoms with Crippen LogP contribution in [0.1, 0.15) is 0 Å². The standard InChI is InChI=1S/C62H40N2/c1-3-14-42(15-4-1)54-39-49(34-48-20-9-10-21-50(48)54)63-59-32-30-46(35-55(59)43-16-5-2-6-17-43)40-26-28-41(29-27-40)47-31-33-61-58(38-47)53-24-13-23-52-57-37-45-19-8-7-18-44(45)36-56(57)51-22-11-12-25-60(51)64(61)62(52)53/h1-39,63H. The minimum atomic E-state index is 1.06. The molecule has 0 aliphatic carbocycles. The number of rotatable bonds is 6. The van der Waals surface area contributed by atoms with Crippen LogP contribution >= 0.6 is 0 Å². The van der Waals surface area contributed by atoms with Crippen LogP contribution in [0, 0.1) is 0 Å². The number of hydrogen-bond acceptors (Lipinski definition) is 1. The van der Waals surface area contributed by atoms with Crippen molar-refractivity contribution < 1.29 is 0 Å². The second-order valence-electron chi connectivity index (χ2n) is 17.0. The normalized spacial score (nSPS) is 11.8. The van der Waals surface area contributed by atoms with E-state index >= 15 is 0 Å². The van der Waals surface area contributed by atoms with Crippen LogP contribution in [-0.4, -0.2) is 4.57 Å². The third kappa shape index (κ3) is 5.88. The largest absolute Gasteiger partial charge is 0.355 e. The maximum Gasteiger partial charge on any atom is 0.0619 e. The van der Waals surface area contributed by atoms with Gasteiger partial charge in [0.05, 0.1) is 16.7 Å². The Morgan fingerprint density at radius 3 is 1.59 bits per heavy atom. The summed E-state index contributed by atoms with van der Waals surface area (Å²) >= 11 is 0. The van der Waals surface area contributed by atoms with Gasteiger partial charge in [-0.3, -0.25) is 0 Å². The van der Waals surface area contributed by atoms with Crippen molar-refractivity contribution in [2.24, 2.45) is 0 Å². The van der Waals surface area contributed by atoms with Crippen LogP contribution in [0.25, 0.3) is 116 Å². The fourth-order valence-electron chi connectivity index (χ4n) is 10.2. The lowest BCUT2D eigenvalue weighted by Gasteiger charge is -2.17. The Bertz CT molecular complexity index is 3780. The predicted molar refractivity (Wildman–Crippen MR) is 272 cm³/mol. The SMILES string of the molecule is c1ccc(-c2cc(-c3ccc(-c4ccc5c(c4)c4cccc6c4n5-c4ccccc4-c4cc5ccccc5cc4-6)cc3)ccc2Nc2cc(-c3ccccc3)c3ccccc3c2)cc1. The van der Waals surface area contributed by atoms with Crippen molar-refractivity contribution in [3.05, 3.63) is 237 Å². The molecule has 0 bridgehead atoms. The molecule has 13 rings (SSSR count). The topological polar surface area (TPSA) is 17.0 Å². The zero-order valence-electron chi connectivity index (χ0n) is 35.0. The monoisotopic (exact) mass is 812 g/mol. The van der Waals surface area contributed by atoms with E-state index in [0.29, 0.717) is 0 Å². The van der Waals surface area contributed by atoms with E-state index in [1.165, 1.54) is 110 Å². The Morgan fingerprint density at radius 2 is 0.844 bits per heavy atom. The maximum absolute atomic E-state index is 3.84. The van der Waals surface area contributed by atoms with Crippen molar-refractivity contribution in [1.29, 1.82) is 0 Å². The Hall–Kier alpha value is -8.46. The Labute approximate surface area is 372 Å². The van der Waals surface area contributed by atoms with Gasteiger partial charge in [-0.1, -0.05) is 182 Å². The molecule has 1 aliphatic heterocycles. The molecule has 2 nitrogen and oxygen atoms in total. The van der Waals surface area contributed by atoms with Gasteiger partial charge in [-0.2, -0.15) is 0 Å². The van der Waals surface area contributed by atoms with Gasteiger partial charge < -0.3 is 9.88 Å². The van der Waals surface area contributed by atoms with Crippen molar-refractivity contribution >= 4 is 54.7 Å². The highest BCUT2D eigenvalue weighted by atomic mass is 15.0. The van der Waals surface area contributed by atoms with Crippen LogP contribution in [0.3, 0.4) is 0 Å². The molecule has 0 unspecified atom stereocenters. The number of para-hydroxylation sites is 2. The summed E-state index contributed by atoms with van der Waals surface area (Å²) in [5.41, 5.74) is 20.4. The molecule has 1 aliphatic rings. The summed E-state index contributed by atoms with van der Waals surface area (Å²) in [6, 6.07) is 86.6. The van der Waals surface area contributed by atoms with E-state index in [1.807, 2.05) is 0 Å². The molecule has 11 aromatic carbocycles. The smallest absolute Gasteiger partial charge is 0.0619 e. The first-order valence-electron chi connectivity index (χ1n) is 22.1. The summed E-state index contributed by atoms with van der Waals surface area (Å²) in [5.74, 6) is 0. The van der Waals surface area contributed by atoms with Crippen LogP contribution in [0.5, 0.6) is 0 Å². The molecule has 1 aromatic heterocycles. The lowest BCUT2D eigenvalue weighted by Crippen LogP contribution is -1.96. The van der Waals surface area contributed by atoms with Gasteiger partial charge in [0.2, 0.25) is 0 Å². The fourth-order valence-corrected chi connectivity index (χ4v) is 10.2. The van der Waals surface area contributed by atoms with Gasteiger partial charge in [0.25, 0.3) is 0 Å². The molecule has 2 heterocycles. The minimum Gasteiger partial charge on any atom is -0.355 e. The number of benzene rings is 11. The average molecular weight is 813 g/mol. The minimum absolute atomic E-state index is 1.06. The molecule has 0 atom stereocenters. The molecule has 1 N–H and O–H groups in total. The lowest BCUT2D eigenvalue weighted by molar-refractivity contribution is 1.19. The van der Waals surface area contributed by atoms with E-state index in [4.69, 9.17) is 0 Å². The second-order valence-corrected chi connectivity index (χ2v) is 17.0. The van der Waals surface area contributed by atoms with Crippen molar-refractivity contribution in [3.63, 3.8) is 0 Å². The summed E-state index contributed by atoms with van der Waals surface area (Å²) in [6.45, 7) is 0. The number of fused-ring (bicyclic) bond motifs is 10. The van der Waals surface area contributed by atoms with Crippen LogP contribution < -0.4 is 5.32 Å². The fraction of sp³-hybridized carbons (Fsp3) is 0. The third-order valence-corrected chi connectivity index (χ3v) is 13.3. The molecule has 0 radical (unpaired) electrons. The number of nitrogens with zero attached hydrogens (tertiary/aromatic N) is 1. The summed E-state index contributed by atoms with van der Waals surface area (Å²) < 4.78 is 2.50. The second kappa shape index (κ2) is 14.6. The number of hydrogen-bond donors (Lipinski definition) is 1. The van der Waals surface area contributed by atoms with Crippen LogP contribution in [0.2, 0.25) is 0 Å². The van der Waals surface area contributed by atoms with Crippen LogP contribution in [-0.2, 0) is 0 Å². The summed E-state index contributed by atoms with van der Waals surface area (Å²) in [5, 5.41) is 11.3. The first-order valence-corrected chi connectivity index (χ1v) is 22.1.